The van der Waals surface area contributed by atoms with Gasteiger partial charge < -0.3 is 14.7 Å². The van der Waals surface area contributed by atoms with E-state index in [4.69, 9.17) is 4.74 Å². The molecule has 1 unspecified atom stereocenters. The van der Waals surface area contributed by atoms with Gasteiger partial charge in [-0.15, -0.1) is 0 Å². The smallest absolute Gasteiger partial charge is 0.421 e. The van der Waals surface area contributed by atoms with Crippen molar-refractivity contribution < 1.29 is 23.0 Å². The van der Waals surface area contributed by atoms with Crippen LogP contribution in [0.5, 0.6) is 5.75 Å². The van der Waals surface area contributed by atoms with Gasteiger partial charge in [0, 0.05) is 31.1 Å². The van der Waals surface area contributed by atoms with Gasteiger partial charge in [0.25, 0.3) is 0 Å². The zero-order valence-corrected chi connectivity index (χ0v) is 15.0. The van der Waals surface area contributed by atoms with Crippen molar-refractivity contribution in [2.24, 2.45) is 10.9 Å². The lowest BCUT2D eigenvalue weighted by Crippen LogP contribution is -2.51. The molecule has 140 valence electrons. The van der Waals surface area contributed by atoms with Crippen molar-refractivity contribution in [2.45, 2.75) is 44.9 Å². The van der Waals surface area contributed by atoms with Crippen molar-refractivity contribution in [1.29, 1.82) is 0 Å². The Hall–Kier alpha value is -1.76. The Morgan fingerprint density at radius 1 is 1.36 bits per heavy atom. The van der Waals surface area contributed by atoms with Crippen LogP contribution in [0.3, 0.4) is 0 Å². The van der Waals surface area contributed by atoms with Crippen LogP contribution >= 0.6 is 0 Å². The molecule has 1 aromatic rings. The third kappa shape index (κ3) is 3.61. The molecule has 0 spiro atoms. The Morgan fingerprint density at radius 2 is 2.00 bits per heavy atom. The van der Waals surface area contributed by atoms with E-state index in [9.17, 15) is 18.3 Å². The monoisotopic (exact) mass is 358 g/mol. The molecule has 0 bridgehead atoms. The van der Waals surface area contributed by atoms with Gasteiger partial charge in [0.2, 0.25) is 0 Å². The fraction of sp³-hybridized carbons (Fsp3) is 0.611. The van der Waals surface area contributed by atoms with Crippen LogP contribution in [-0.4, -0.2) is 43.2 Å². The average molecular weight is 358 g/mol. The highest BCUT2D eigenvalue weighted by atomic mass is 19.4. The maximum atomic E-state index is 13.8. The Morgan fingerprint density at radius 3 is 2.44 bits per heavy atom. The van der Waals surface area contributed by atoms with Crippen LogP contribution in [0.4, 0.5) is 18.9 Å². The van der Waals surface area contributed by atoms with Crippen molar-refractivity contribution in [1.82, 2.24) is 4.90 Å². The summed E-state index contributed by atoms with van der Waals surface area (Å²) < 4.78 is 46.5. The van der Waals surface area contributed by atoms with Crippen LogP contribution in [0, 0.1) is 12.8 Å². The van der Waals surface area contributed by atoms with Crippen LogP contribution in [0.1, 0.15) is 37.3 Å². The number of rotatable bonds is 6. The summed E-state index contributed by atoms with van der Waals surface area (Å²) in [6.07, 6.45) is -1.77. The van der Waals surface area contributed by atoms with E-state index in [2.05, 4.69) is 4.99 Å². The quantitative estimate of drug-likeness (QED) is 0.613. The number of alkyl halides is 3. The lowest BCUT2D eigenvalue weighted by molar-refractivity contribution is -0.295. The van der Waals surface area contributed by atoms with Crippen molar-refractivity contribution in [2.75, 3.05) is 20.7 Å². The number of aliphatic imine (C=N–C) groups is 1. The normalized spacial score (nSPS) is 18.1. The molecule has 0 amide bonds. The molecule has 7 heteroatoms. The SMILES string of the molecule is CCN(C)C=Nc1cc(OC)c(C(O)(C2CCC2)C(F)(F)F)cc1C. The zero-order chi connectivity index (χ0) is 18.8. The van der Waals surface area contributed by atoms with Gasteiger partial charge in [0.15, 0.2) is 5.60 Å². The Bertz CT molecular complexity index is 642. The minimum absolute atomic E-state index is 0.00336. The van der Waals surface area contributed by atoms with E-state index < -0.39 is 17.7 Å². The number of hydrogen-bond donors (Lipinski definition) is 1. The molecule has 1 aliphatic rings. The number of ether oxygens (including phenoxy) is 1. The van der Waals surface area contributed by atoms with Gasteiger partial charge in [0.05, 0.1) is 19.1 Å². The second-order valence-electron chi connectivity index (χ2n) is 6.55. The first kappa shape index (κ1) is 19.6. The third-order valence-electron chi connectivity index (χ3n) is 4.95. The summed E-state index contributed by atoms with van der Waals surface area (Å²) in [5, 5.41) is 10.7. The number of methoxy groups -OCH3 is 1. The van der Waals surface area contributed by atoms with E-state index in [0.29, 0.717) is 30.5 Å². The van der Waals surface area contributed by atoms with E-state index in [1.807, 2.05) is 18.9 Å². The molecule has 1 fully saturated rings. The van der Waals surface area contributed by atoms with E-state index >= 15 is 0 Å². The molecule has 0 aliphatic heterocycles. The second-order valence-corrected chi connectivity index (χ2v) is 6.55. The van der Waals surface area contributed by atoms with Gasteiger partial charge in [-0.3, -0.25) is 0 Å². The van der Waals surface area contributed by atoms with E-state index in [-0.39, 0.29) is 11.3 Å². The predicted molar refractivity (Wildman–Crippen MR) is 91.5 cm³/mol. The Kier molecular flexibility index (Phi) is 5.66. The van der Waals surface area contributed by atoms with Crippen molar-refractivity contribution in [3.63, 3.8) is 0 Å². The molecule has 0 saturated heterocycles. The van der Waals surface area contributed by atoms with Crippen LogP contribution in [0.2, 0.25) is 0 Å². The molecule has 1 aromatic carbocycles. The minimum Gasteiger partial charge on any atom is -0.496 e. The third-order valence-corrected chi connectivity index (χ3v) is 4.95. The van der Waals surface area contributed by atoms with E-state index in [0.717, 1.165) is 6.54 Å². The highest BCUT2D eigenvalue weighted by Gasteiger charge is 2.61. The minimum atomic E-state index is -4.77. The first-order chi connectivity index (χ1) is 11.6. The molecule has 1 N–H and O–H groups in total. The first-order valence-corrected chi connectivity index (χ1v) is 8.37. The van der Waals surface area contributed by atoms with E-state index in [1.165, 1.54) is 19.2 Å². The van der Waals surface area contributed by atoms with Gasteiger partial charge in [-0.1, -0.05) is 6.42 Å². The fourth-order valence-electron chi connectivity index (χ4n) is 2.96. The predicted octanol–water partition coefficient (Wildman–Crippen LogP) is 4.17. The second kappa shape index (κ2) is 7.23. The molecule has 4 nitrogen and oxygen atoms in total. The molecular weight excluding hydrogens is 333 g/mol. The Labute approximate surface area is 146 Å². The van der Waals surface area contributed by atoms with Gasteiger partial charge in [-0.05, 0) is 38.3 Å². The number of aliphatic hydroxyl groups is 1. The fourth-order valence-corrected chi connectivity index (χ4v) is 2.96. The molecule has 2 rings (SSSR count). The molecular formula is C18H25F3N2O2. The standard InChI is InChI=1S/C18H25F3N2O2/c1-5-23(3)11-22-15-10-16(25-4)14(9-12(15)2)17(24,18(19,20)21)13-7-6-8-13/h9-11,13,24H,5-8H2,1-4H3. The molecule has 1 saturated carbocycles. The highest BCUT2D eigenvalue weighted by Crippen LogP contribution is 2.54. The summed E-state index contributed by atoms with van der Waals surface area (Å²) >= 11 is 0. The van der Waals surface area contributed by atoms with Gasteiger partial charge in [-0.25, -0.2) is 4.99 Å². The lowest BCUT2D eigenvalue weighted by atomic mass is 9.69. The molecule has 0 radical (unpaired) electrons. The summed E-state index contributed by atoms with van der Waals surface area (Å²) in [5.41, 5.74) is -2.06. The van der Waals surface area contributed by atoms with E-state index in [1.54, 1.807) is 13.3 Å². The molecule has 0 heterocycles. The largest absolute Gasteiger partial charge is 0.496 e. The molecule has 25 heavy (non-hydrogen) atoms. The van der Waals surface area contributed by atoms with Crippen molar-refractivity contribution in [3.05, 3.63) is 23.3 Å². The summed E-state index contributed by atoms with van der Waals surface area (Å²) in [6, 6.07) is 2.81. The molecule has 0 aromatic heterocycles. The van der Waals surface area contributed by atoms with Gasteiger partial charge in [0.1, 0.15) is 5.75 Å². The zero-order valence-electron chi connectivity index (χ0n) is 15.0. The first-order valence-electron chi connectivity index (χ1n) is 8.37. The summed E-state index contributed by atoms with van der Waals surface area (Å²) in [6.45, 7) is 4.40. The average Bonchev–Trinajstić information content (AvgIpc) is 2.50. The van der Waals surface area contributed by atoms with Crippen molar-refractivity contribution in [3.8, 4) is 5.75 Å². The van der Waals surface area contributed by atoms with Crippen LogP contribution in [-0.2, 0) is 5.60 Å². The molecule has 1 aliphatic carbocycles. The van der Waals surface area contributed by atoms with Crippen LogP contribution in [0.15, 0.2) is 17.1 Å². The number of halogens is 3. The van der Waals surface area contributed by atoms with Gasteiger partial charge >= 0.3 is 6.18 Å². The summed E-state index contributed by atoms with van der Waals surface area (Å²) in [5.74, 6) is -0.843. The molecule has 1 atom stereocenters. The lowest BCUT2D eigenvalue weighted by Gasteiger charge is -2.43. The maximum Gasteiger partial charge on any atom is 0.421 e. The Balaban J connectivity index is 2.53. The number of benzene rings is 1. The summed E-state index contributed by atoms with van der Waals surface area (Å²) in [7, 11) is 3.15. The van der Waals surface area contributed by atoms with Crippen LogP contribution < -0.4 is 4.74 Å². The number of aryl methyl sites for hydroxylation is 1. The number of nitrogens with zero attached hydrogens (tertiary/aromatic N) is 2. The topological polar surface area (TPSA) is 45.1 Å². The summed E-state index contributed by atoms with van der Waals surface area (Å²) in [4.78, 5) is 6.15. The highest BCUT2D eigenvalue weighted by molar-refractivity contribution is 5.65. The maximum absolute atomic E-state index is 13.8. The number of hydrogen-bond acceptors (Lipinski definition) is 3. The van der Waals surface area contributed by atoms with Crippen molar-refractivity contribution >= 4 is 12.0 Å². The van der Waals surface area contributed by atoms with Gasteiger partial charge in [-0.2, -0.15) is 13.2 Å². The van der Waals surface area contributed by atoms with Crippen LogP contribution in [0.25, 0.3) is 0 Å².